The lowest BCUT2D eigenvalue weighted by atomic mass is 9.83. The number of aliphatic hydroxyl groups excluding tert-OH is 6. The van der Waals surface area contributed by atoms with E-state index in [0.29, 0.717) is 6.42 Å². The first-order chi connectivity index (χ1) is 29.7. The van der Waals surface area contributed by atoms with Crippen LogP contribution in [0.15, 0.2) is 65.8 Å². The second kappa shape index (κ2) is 23.1. The number of ether oxygens (including phenoxy) is 5. The molecule has 63 heavy (non-hydrogen) atoms. The van der Waals surface area contributed by atoms with Gasteiger partial charge in [0.2, 0.25) is 0 Å². The minimum atomic E-state index is -1.22. The zero-order valence-electron chi connectivity index (χ0n) is 36.7. The van der Waals surface area contributed by atoms with Crippen LogP contribution in [0.5, 0.6) is 0 Å². The predicted molar refractivity (Wildman–Crippen MR) is 224 cm³/mol. The number of esters is 1. The van der Waals surface area contributed by atoms with Crippen LogP contribution >= 0.6 is 0 Å². The third-order valence-corrected chi connectivity index (χ3v) is 11.8. The number of carbonyl (C=O) groups is 4. The molecule has 7 rings (SSSR count). The summed E-state index contributed by atoms with van der Waals surface area (Å²) in [5.74, 6) is -2.54. The van der Waals surface area contributed by atoms with Gasteiger partial charge >= 0.3 is 5.97 Å². The Morgan fingerprint density at radius 3 is 1.49 bits per heavy atom. The lowest BCUT2D eigenvalue weighted by Crippen LogP contribution is -2.52. The lowest BCUT2D eigenvalue weighted by molar-refractivity contribution is -0.165. The average Bonchev–Trinajstić information content (AvgIpc) is 3.73. The third-order valence-electron chi connectivity index (χ3n) is 11.8. The van der Waals surface area contributed by atoms with Crippen LogP contribution in [-0.4, -0.2) is 133 Å². The van der Waals surface area contributed by atoms with Gasteiger partial charge in [0.25, 0.3) is 0 Å². The summed E-state index contributed by atoms with van der Waals surface area (Å²) in [4.78, 5) is 47.9. The van der Waals surface area contributed by atoms with Crippen LogP contribution in [0.25, 0.3) is 10.4 Å². The van der Waals surface area contributed by atoms with Crippen molar-refractivity contribution in [1.29, 1.82) is 0 Å². The number of nitrogens with zero attached hydrogens (tertiary/aromatic N) is 3. The summed E-state index contributed by atoms with van der Waals surface area (Å²) in [6, 6.07) is 18.5. The fourth-order valence-corrected chi connectivity index (χ4v) is 8.05. The zero-order valence-corrected chi connectivity index (χ0v) is 36.7. The van der Waals surface area contributed by atoms with Gasteiger partial charge in [-0.15, -0.1) is 0 Å². The van der Waals surface area contributed by atoms with Crippen LogP contribution in [0.4, 0.5) is 0 Å². The number of benzene rings is 2. The van der Waals surface area contributed by atoms with Crippen LogP contribution in [0.1, 0.15) is 78.9 Å². The maximum atomic E-state index is 11.5. The summed E-state index contributed by atoms with van der Waals surface area (Å²) >= 11 is 0. The normalized spacial score (nSPS) is 36.1. The number of ketones is 3. The number of cyclic esters (lactones) is 1. The van der Waals surface area contributed by atoms with Crippen molar-refractivity contribution in [3.8, 4) is 0 Å². The number of fused-ring (bicyclic) bond motifs is 1. The largest absolute Gasteiger partial charge is 0.460 e. The topological polar surface area (TPSA) is 285 Å². The molecule has 2 aliphatic heterocycles. The Kier molecular flexibility index (Phi) is 18.9. The Morgan fingerprint density at radius 2 is 1.08 bits per heavy atom. The van der Waals surface area contributed by atoms with Crippen molar-refractivity contribution in [2.45, 2.75) is 160 Å². The molecular formula is C45H63N3O15. The standard InChI is InChI=1S/2C14H18O4.C10H16O4.C7H11N3O3/c2*1-9-7-11(15)13(17)14(12(9)16)18-8-10-5-3-2-4-6-10;1-5-4-6(11)7(12)9-8(5)13-10(2,3)14-9;1-3-5(11)7(12)13-6(3)4(2)9-10-8/h2*2-6,9,12-14,16-17H,7-8H2,1H3;5,7-9,12H,4H2,1-3H3;3-6,11H,1-2H3/t2*9-,12-,13-,14-;5-,7-,8-,9+;3-,4-,5-,6-/m1110/s1. The van der Waals surface area contributed by atoms with Crippen LogP contribution in [-0.2, 0) is 56.1 Å². The maximum Gasteiger partial charge on any atom is 0.335 e. The number of rotatable bonds is 8. The van der Waals surface area contributed by atoms with Gasteiger partial charge in [0.1, 0.15) is 42.7 Å². The maximum absolute atomic E-state index is 11.5. The Bertz CT molecular complexity index is 1780. The van der Waals surface area contributed by atoms with E-state index in [1.807, 2.05) is 67.6 Å². The number of hydrogen-bond acceptors (Lipinski definition) is 16. The van der Waals surface area contributed by atoms with Crippen molar-refractivity contribution in [2.24, 2.45) is 28.8 Å². The molecular weight excluding hydrogens is 823 g/mol. The van der Waals surface area contributed by atoms with Gasteiger partial charge in [0.15, 0.2) is 29.2 Å². The fourth-order valence-electron chi connectivity index (χ4n) is 8.05. The molecule has 18 heteroatoms. The minimum Gasteiger partial charge on any atom is -0.460 e. The molecule has 3 saturated carbocycles. The molecule has 5 fully saturated rings. The van der Waals surface area contributed by atoms with Crippen LogP contribution in [0.3, 0.4) is 0 Å². The molecule has 0 aromatic heterocycles. The highest BCUT2D eigenvalue weighted by molar-refractivity contribution is 5.85. The molecule has 18 nitrogen and oxygen atoms in total. The van der Waals surface area contributed by atoms with E-state index in [1.165, 1.54) is 0 Å². The molecule has 6 N–H and O–H groups in total. The van der Waals surface area contributed by atoms with E-state index in [1.54, 1.807) is 41.5 Å². The molecule has 3 aliphatic carbocycles. The van der Waals surface area contributed by atoms with Crippen LogP contribution in [0.2, 0.25) is 0 Å². The van der Waals surface area contributed by atoms with Gasteiger partial charge in [-0.2, -0.15) is 0 Å². The van der Waals surface area contributed by atoms with Gasteiger partial charge in [-0.05, 0) is 48.3 Å². The van der Waals surface area contributed by atoms with Gasteiger partial charge in [0, 0.05) is 30.1 Å². The summed E-state index contributed by atoms with van der Waals surface area (Å²) in [7, 11) is 0. The Morgan fingerprint density at radius 1 is 0.667 bits per heavy atom. The first-order valence-electron chi connectivity index (χ1n) is 21.2. The van der Waals surface area contributed by atoms with Crippen LogP contribution in [0, 0.1) is 23.7 Å². The van der Waals surface area contributed by atoms with E-state index in [0.717, 1.165) is 11.1 Å². The average molecular weight is 886 g/mol. The highest BCUT2D eigenvalue weighted by Crippen LogP contribution is 2.38. The third kappa shape index (κ3) is 13.7. The molecule has 348 valence electrons. The van der Waals surface area contributed by atoms with Gasteiger partial charge in [-0.3, -0.25) is 14.4 Å². The quantitative estimate of drug-likeness (QED) is 0.0962. The summed E-state index contributed by atoms with van der Waals surface area (Å²) in [6.07, 6.45) is -8.20. The zero-order chi connectivity index (χ0) is 46.8. The summed E-state index contributed by atoms with van der Waals surface area (Å²) in [6.45, 7) is 13.0. The molecule has 2 aromatic rings. The Hall–Kier alpha value is -4.17. The SMILES string of the molecule is C[C@@H]1CC(=O)[C@@H](O)[C@@H]2OC(C)(C)O[C@@H]21.C[C@@H]1CC(=O)[C@@H](O)[C@H](OCc2ccccc2)[C@@H]1O.C[C@@H]1CC(=O)[C@@H](O)[C@H](OCc2ccccc2)[C@@H]1O.C[C@@H]1[C@@H]([C@H](C)N=[N+]=[N-])OC(=O)[C@H]1O. The molecule has 5 aliphatic rings. The second-order valence-corrected chi connectivity index (χ2v) is 17.5. The van der Waals surface area contributed by atoms with Crippen molar-refractivity contribution >= 4 is 23.3 Å². The van der Waals surface area contributed by atoms with E-state index in [9.17, 15) is 49.8 Å². The number of Topliss-reactive ketones (excluding diaryl/α,β-unsaturated/α-hetero) is 3. The highest BCUT2D eigenvalue weighted by Gasteiger charge is 2.52. The first kappa shape index (κ1) is 51.5. The molecule has 0 unspecified atom stereocenters. The number of hydrogen-bond donors (Lipinski definition) is 6. The van der Waals surface area contributed by atoms with Crippen molar-refractivity contribution in [3.05, 3.63) is 82.2 Å². The van der Waals surface area contributed by atoms with Crippen LogP contribution < -0.4 is 0 Å². The molecule has 2 saturated heterocycles. The monoisotopic (exact) mass is 885 g/mol. The summed E-state index contributed by atoms with van der Waals surface area (Å²) in [5, 5.41) is 61.8. The second-order valence-electron chi connectivity index (χ2n) is 17.5. The van der Waals surface area contributed by atoms with Crippen molar-refractivity contribution in [2.75, 3.05) is 0 Å². The molecule has 2 aromatic carbocycles. The number of carbonyl (C=O) groups excluding carboxylic acids is 4. The molecule has 2 heterocycles. The Labute approximate surface area is 367 Å². The van der Waals surface area contributed by atoms with E-state index in [2.05, 4.69) is 10.0 Å². The van der Waals surface area contributed by atoms with E-state index < -0.39 is 78.8 Å². The van der Waals surface area contributed by atoms with Crippen molar-refractivity contribution in [1.82, 2.24) is 0 Å². The summed E-state index contributed by atoms with van der Waals surface area (Å²) in [5.41, 5.74) is 10.1. The minimum absolute atomic E-state index is 0.123. The Balaban J connectivity index is 0.000000186. The van der Waals surface area contributed by atoms with E-state index in [4.69, 9.17) is 29.2 Å². The van der Waals surface area contributed by atoms with Gasteiger partial charge in [0.05, 0.1) is 37.6 Å². The molecule has 16 atom stereocenters. The van der Waals surface area contributed by atoms with Gasteiger partial charge < -0.3 is 54.3 Å². The molecule has 0 spiro atoms. The highest BCUT2D eigenvalue weighted by atomic mass is 16.8. The fraction of sp³-hybridized carbons (Fsp3) is 0.644. The number of aliphatic hydroxyl groups is 6. The molecule has 0 bridgehead atoms. The van der Waals surface area contributed by atoms with Crippen molar-refractivity contribution in [3.63, 3.8) is 0 Å². The van der Waals surface area contributed by atoms with E-state index in [-0.39, 0.29) is 73.2 Å². The first-order valence-corrected chi connectivity index (χ1v) is 21.2. The predicted octanol–water partition coefficient (Wildman–Crippen LogP) is 2.89. The molecule has 0 amide bonds. The number of azide groups is 1. The smallest absolute Gasteiger partial charge is 0.335 e. The summed E-state index contributed by atoms with van der Waals surface area (Å²) < 4.78 is 27.0. The van der Waals surface area contributed by atoms with Gasteiger partial charge in [-0.25, -0.2) is 4.79 Å². The van der Waals surface area contributed by atoms with Gasteiger partial charge in [-0.1, -0.05) is 100 Å². The molecule has 0 radical (unpaired) electrons. The van der Waals surface area contributed by atoms with Crippen molar-refractivity contribution < 1.29 is 73.5 Å². The van der Waals surface area contributed by atoms with E-state index >= 15 is 0 Å². The lowest BCUT2D eigenvalue weighted by Gasteiger charge is -2.35.